The summed E-state index contributed by atoms with van der Waals surface area (Å²) in [7, 11) is 0. The molecule has 0 saturated heterocycles. The van der Waals surface area contributed by atoms with Gasteiger partial charge in [-0.1, -0.05) is 0 Å². The number of rotatable bonds is 3. The van der Waals surface area contributed by atoms with Gasteiger partial charge in [0.1, 0.15) is 0 Å². The molecule has 0 heterocycles. The van der Waals surface area contributed by atoms with Gasteiger partial charge in [-0.15, -0.1) is 0 Å². The predicted octanol–water partition coefficient (Wildman–Crippen LogP) is 0.712. The maximum absolute atomic E-state index is 11.2. The van der Waals surface area contributed by atoms with Crippen molar-refractivity contribution in [3.05, 3.63) is 0 Å². The van der Waals surface area contributed by atoms with E-state index in [1.165, 1.54) is 6.19 Å². The molecule has 0 aliphatic heterocycles. The zero-order chi connectivity index (χ0) is 6.41. The molecule has 0 aliphatic rings. The third-order valence-electron chi connectivity index (χ3n) is 0.567. The lowest BCUT2D eigenvalue weighted by Crippen LogP contribution is -2.10. The highest BCUT2D eigenvalue weighted by atomic mass is 19.3. The van der Waals surface area contributed by atoms with Crippen LogP contribution < -0.4 is 5.32 Å². The Hall–Kier alpha value is -0.850. The van der Waals surface area contributed by atoms with Crippen molar-refractivity contribution in [2.24, 2.45) is 0 Å². The van der Waals surface area contributed by atoms with Gasteiger partial charge < -0.3 is 5.32 Å². The van der Waals surface area contributed by atoms with E-state index in [0.29, 0.717) is 0 Å². The third kappa shape index (κ3) is 5.15. The topological polar surface area (TPSA) is 35.8 Å². The van der Waals surface area contributed by atoms with Gasteiger partial charge in [0.25, 0.3) is 0 Å². The normalized spacial score (nSPS) is 8.75. The molecule has 0 radical (unpaired) electrons. The van der Waals surface area contributed by atoms with Gasteiger partial charge in [-0.3, -0.25) is 0 Å². The van der Waals surface area contributed by atoms with Crippen LogP contribution in [0.5, 0.6) is 0 Å². The van der Waals surface area contributed by atoms with Crippen LogP contribution in [0.2, 0.25) is 0 Å². The summed E-state index contributed by atoms with van der Waals surface area (Å²) in [6, 6.07) is 0. The first-order chi connectivity index (χ1) is 3.77. The highest BCUT2D eigenvalue weighted by Gasteiger charge is 1.98. The summed E-state index contributed by atoms with van der Waals surface area (Å²) < 4.78 is 22.4. The van der Waals surface area contributed by atoms with Crippen LogP contribution in [0.25, 0.3) is 0 Å². The molecule has 0 aromatic carbocycles. The summed E-state index contributed by atoms with van der Waals surface area (Å²) in [6.07, 6.45) is -1.03. The Morgan fingerprint density at radius 2 is 2.25 bits per heavy atom. The van der Waals surface area contributed by atoms with Crippen molar-refractivity contribution < 1.29 is 8.78 Å². The summed E-state index contributed by atoms with van der Waals surface area (Å²) in [5, 5.41) is 9.88. The van der Waals surface area contributed by atoms with Gasteiger partial charge in [-0.25, -0.2) is 8.78 Å². The van der Waals surface area contributed by atoms with Crippen molar-refractivity contribution in [2.75, 3.05) is 6.54 Å². The maximum atomic E-state index is 11.2. The Labute approximate surface area is 46.1 Å². The first kappa shape index (κ1) is 7.15. The molecule has 1 N–H and O–H groups in total. The van der Waals surface area contributed by atoms with Crippen LogP contribution in [-0.2, 0) is 0 Å². The molecular weight excluding hydrogens is 114 g/mol. The molecule has 46 valence electrons. The molecule has 0 spiro atoms. The number of halogens is 2. The standard InChI is InChI=1S/C4H6F2N2/c5-4(6)1-2-8-3-7/h4,8H,1-2H2. The summed E-state index contributed by atoms with van der Waals surface area (Å²) >= 11 is 0. The molecule has 2 nitrogen and oxygen atoms in total. The minimum Gasteiger partial charge on any atom is -0.324 e. The number of nitrogens with one attached hydrogen (secondary N) is 1. The van der Waals surface area contributed by atoms with E-state index in [1.807, 2.05) is 0 Å². The van der Waals surface area contributed by atoms with E-state index in [2.05, 4.69) is 5.32 Å². The van der Waals surface area contributed by atoms with E-state index in [0.717, 1.165) is 0 Å². The van der Waals surface area contributed by atoms with Crippen molar-refractivity contribution >= 4 is 0 Å². The molecule has 0 atom stereocenters. The lowest BCUT2D eigenvalue weighted by atomic mass is 10.4. The Morgan fingerprint density at radius 1 is 1.62 bits per heavy atom. The summed E-state index contributed by atoms with van der Waals surface area (Å²) in [5.41, 5.74) is 0. The van der Waals surface area contributed by atoms with Gasteiger partial charge >= 0.3 is 0 Å². The van der Waals surface area contributed by atoms with Gasteiger partial charge in [0.05, 0.1) is 0 Å². The van der Waals surface area contributed by atoms with Crippen LogP contribution in [0.4, 0.5) is 8.78 Å². The SMILES string of the molecule is N#CNCCC(F)F. The monoisotopic (exact) mass is 120 g/mol. The van der Waals surface area contributed by atoms with Crippen LogP contribution in [0, 0.1) is 11.5 Å². The second-order valence-corrected chi connectivity index (χ2v) is 1.22. The van der Waals surface area contributed by atoms with Crippen molar-refractivity contribution in [1.29, 1.82) is 5.26 Å². The molecule has 0 aromatic rings. The average Bonchev–Trinajstić information content (AvgIpc) is 1.66. The second-order valence-electron chi connectivity index (χ2n) is 1.22. The Morgan fingerprint density at radius 3 is 2.62 bits per heavy atom. The largest absolute Gasteiger partial charge is 0.324 e. The molecule has 4 heteroatoms. The fourth-order valence-corrected chi connectivity index (χ4v) is 0.237. The van der Waals surface area contributed by atoms with Gasteiger partial charge in [0.15, 0.2) is 6.19 Å². The number of hydrogen-bond donors (Lipinski definition) is 1. The van der Waals surface area contributed by atoms with Crippen molar-refractivity contribution in [2.45, 2.75) is 12.8 Å². The van der Waals surface area contributed by atoms with Crippen LogP contribution in [0.3, 0.4) is 0 Å². The molecule has 0 saturated carbocycles. The van der Waals surface area contributed by atoms with Crippen LogP contribution >= 0.6 is 0 Å². The number of hydrogen-bond acceptors (Lipinski definition) is 2. The molecular formula is C4H6F2N2. The summed E-state index contributed by atoms with van der Waals surface area (Å²) in [4.78, 5) is 0. The van der Waals surface area contributed by atoms with E-state index in [4.69, 9.17) is 5.26 Å². The maximum Gasteiger partial charge on any atom is 0.240 e. The van der Waals surface area contributed by atoms with Gasteiger partial charge in [0, 0.05) is 13.0 Å². The summed E-state index contributed by atoms with van der Waals surface area (Å²) in [5.74, 6) is 0. The van der Waals surface area contributed by atoms with Crippen LogP contribution in [0.15, 0.2) is 0 Å². The molecule has 0 amide bonds. The number of nitrogens with zero attached hydrogens (tertiary/aromatic N) is 1. The van der Waals surface area contributed by atoms with Gasteiger partial charge in [-0.05, 0) is 0 Å². The molecule has 0 fully saturated rings. The van der Waals surface area contributed by atoms with E-state index in [-0.39, 0.29) is 13.0 Å². The molecule has 8 heavy (non-hydrogen) atoms. The second kappa shape index (κ2) is 4.31. The smallest absolute Gasteiger partial charge is 0.240 e. The van der Waals surface area contributed by atoms with Gasteiger partial charge in [0.2, 0.25) is 6.43 Å². The fourth-order valence-electron chi connectivity index (χ4n) is 0.237. The fraction of sp³-hybridized carbons (Fsp3) is 0.750. The van der Waals surface area contributed by atoms with E-state index in [9.17, 15) is 8.78 Å². The lowest BCUT2D eigenvalue weighted by molar-refractivity contribution is 0.139. The third-order valence-corrected chi connectivity index (χ3v) is 0.567. The van der Waals surface area contributed by atoms with Crippen LogP contribution in [-0.4, -0.2) is 13.0 Å². The zero-order valence-electron chi connectivity index (χ0n) is 4.19. The van der Waals surface area contributed by atoms with Crippen LogP contribution in [0.1, 0.15) is 6.42 Å². The van der Waals surface area contributed by atoms with Crippen molar-refractivity contribution in [1.82, 2.24) is 5.32 Å². The first-order valence-electron chi connectivity index (χ1n) is 2.17. The van der Waals surface area contributed by atoms with Crippen molar-refractivity contribution in [3.63, 3.8) is 0 Å². The molecule has 0 rings (SSSR count). The van der Waals surface area contributed by atoms with E-state index >= 15 is 0 Å². The molecule has 0 aliphatic carbocycles. The Balaban J connectivity index is 2.85. The van der Waals surface area contributed by atoms with Crippen molar-refractivity contribution in [3.8, 4) is 6.19 Å². The summed E-state index contributed by atoms with van der Waals surface area (Å²) in [6.45, 7) is 0.0637. The Kier molecular flexibility index (Phi) is 3.85. The highest BCUT2D eigenvalue weighted by Crippen LogP contribution is 1.95. The minimum atomic E-state index is -2.31. The van der Waals surface area contributed by atoms with E-state index in [1.54, 1.807) is 0 Å². The predicted molar refractivity (Wildman–Crippen MR) is 24.2 cm³/mol. The quantitative estimate of drug-likeness (QED) is 0.338. The molecule has 0 aromatic heterocycles. The average molecular weight is 120 g/mol. The zero-order valence-corrected chi connectivity index (χ0v) is 4.19. The van der Waals surface area contributed by atoms with E-state index < -0.39 is 6.43 Å². The molecule has 0 bridgehead atoms. The number of alkyl halides is 2. The first-order valence-corrected chi connectivity index (χ1v) is 2.17. The minimum absolute atomic E-state index is 0.0637. The Bertz CT molecular complexity index is 86.5. The highest BCUT2D eigenvalue weighted by molar-refractivity contribution is 4.63. The van der Waals surface area contributed by atoms with Gasteiger partial charge in [-0.2, -0.15) is 5.26 Å². The number of nitriles is 1. The molecule has 0 unspecified atom stereocenters. The lowest BCUT2D eigenvalue weighted by Gasteiger charge is -1.93.